The number of carbonyl (C=O) groups excluding carboxylic acids is 1. The Balaban J connectivity index is 0.00000256. The van der Waals surface area contributed by atoms with E-state index in [1.165, 1.54) is 17.7 Å². The van der Waals surface area contributed by atoms with E-state index in [9.17, 15) is 9.18 Å². The van der Waals surface area contributed by atoms with Gasteiger partial charge in [0.15, 0.2) is 0 Å². The summed E-state index contributed by atoms with van der Waals surface area (Å²) in [4.78, 5) is 13.2. The Hall–Kier alpha value is -2.86. The van der Waals surface area contributed by atoms with Gasteiger partial charge in [-0.05, 0) is 72.7 Å². The van der Waals surface area contributed by atoms with E-state index in [1.54, 1.807) is 23.0 Å². The van der Waals surface area contributed by atoms with Crippen LogP contribution in [0.1, 0.15) is 65.8 Å². The molecular formula is C23H26ClFN4O. The van der Waals surface area contributed by atoms with Crippen LogP contribution < -0.4 is 11.1 Å². The topological polar surface area (TPSA) is 72.9 Å². The Morgan fingerprint density at radius 1 is 1.23 bits per heavy atom. The highest BCUT2D eigenvalue weighted by Crippen LogP contribution is 2.32. The lowest BCUT2D eigenvalue weighted by atomic mass is 9.87. The number of amides is 1. The Bertz CT molecular complexity index is 1050. The van der Waals surface area contributed by atoms with E-state index in [4.69, 9.17) is 5.73 Å². The van der Waals surface area contributed by atoms with Crippen molar-refractivity contribution in [2.75, 3.05) is 5.73 Å². The second kappa shape index (κ2) is 8.88. The number of halogens is 2. The van der Waals surface area contributed by atoms with Gasteiger partial charge in [0.1, 0.15) is 5.82 Å². The summed E-state index contributed by atoms with van der Waals surface area (Å²) in [6.45, 7) is 4.04. The van der Waals surface area contributed by atoms with Crippen molar-refractivity contribution in [3.63, 3.8) is 0 Å². The third-order valence-electron chi connectivity index (χ3n) is 5.46. The molecule has 158 valence electrons. The standard InChI is InChI=1S/C23H25FN4O.ClH/c1-14(2)22-20(13-26-28(22)18-9-6-16(24)7-10-18)23(29)27-21-5-3-4-15-12-17(25)8-11-19(15)21;/h6-14,21H,3-5,25H2,1-2H3,(H,27,29);1H. The number of nitrogens with one attached hydrogen (secondary N) is 1. The number of rotatable bonds is 4. The number of nitrogens with two attached hydrogens (primary N) is 1. The lowest BCUT2D eigenvalue weighted by molar-refractivity contribution is 0.0931. The quantitative estimate of drug-likeness (QED) is 0.577. The first-order valence-corrected chi connectivity index (χ1v) is 9.97. The van der Waals surface area contributed by atoms with Crippen LogP contribution in [0, 0.1) is 5.82 Å². The van der Waals surface area contributed by atoms with Crippen LogP contribution in [-0.4, -0.2) is 15.7 Å². The van der Waals surface area contributed by atoms with E-state index in [2.05, 4.69) is 10.4 Å². The highest BCUT2D eigenvalue weighted by atomic mass is 35.5. The second-order valence-corrected chi connectivity index (χ2v) is 7.86. The van der Waals surface area contributed by atoms with Crippen LogP contribution in [0.15, 0.2) is 48.7 Å². The lowest BCUT2D eigenvalue weighted by Gasteiger charge is -2.27. The van der Waals surface area contributed by atoms with Gasteiger partial charge in [0.25, 0.3) is 5.91 Å². The molecule has 1 unspecified atom stereocenters. The van der Waals surface area contributed by atoms with Gasteiger partial charge in [-0.15, -0.1) is 12.4 Å². The highest BCUT2D eigenvalue weighted by Gasteiger charge is 2.26. The molecule has 1 aliphatic carbocycles. The number of benzene rings is 2. The summed E-state index contributed by atoms with van der Waals surface area (Å²) in [7, 11) is 0. The van der Waals surface area contributed by atoms with Crippen molar-refractivity contribution in [3.05, 3.63) is 76.9 Å². The monoisotopic (exact) mass is 428 g/mol. The molecule has 3 N–H and O–H groups in total. The van der Waals surface area contributed by atoms with Crippen molar-refractivity contribution < 1.29 is 9.18 Å². The van der Waals surface area contributed by atoms with Gasteiger partial charge in [0, 0.05) is 5.69 Å². The molecule has 0 aliphatic heterocycles. The number of anilines is 1. The number of carbonyl (C=O) groups is 1. The first-order chi connectivity index (χ1) is 13.9. The minimum Gasteiger partial charge on any atom is -0.399 e. The fraction of sp³-hybridized carbons (Fsp3) is 0.304. The van der Waals surface area contributed by atoms with Crippen LogP contribution in [0.25, 0.3) is 5.69 Å². The molecule has 0 fully saturated rings. The molecule has 3 aromatic rings. The summed E-state index contributed by atoms with van der Waals surface area (Å²) in [6, 6.07) is 12.0. The molecule has 0 spiro atoms. The van der Waals surface area contributed by atoms with Crippen LogP contribution in [-0.2, 0) is 6.42 Å². The van der Waals surface area contributed by atoms with Gasteiger partial charge in [-0.3, -0.25) is 4.79 Å². The summed E-state index contributed by atoms with van der Waals surface area (Å²) in [5, 5.41) is 7.61. The number of nitrogen functional groups attached to an aromatic ring is 1. The third kappa shape index (κ3) is 4.19. The van der Waals surface area contributed by atoms with Crippen molar-refractivity contribution in [1.29, 1.82) is 0 Å². The molecule has 0 saturated heterocycles. The number of aromatic nitrogens is 2. The normalized spacial score (nSPS) is 15.4. The van der Waals surface area contributed by atoms with Gasteiger partial charge in [-0.25, -0.2) is 9.07 Å². The maximum Gasteiger partial charge on any atom is 0.255 e. The van der Waals surface area contributed by atoms with Gasteiger partial charge >= 0.3 is 0 Å². The summed E-state index contributed by atoms with van der Waals surface area (Å²) >= 11 is 0. The van der Waals surface area contributed by atoms with E-state index in [0.29, 0.717) is 5.56 Å². The van der Waals surface area contributed by atoms with Gasteiger partial charge in [0.2, 0.25) is 0 Å². The lowest BCUT2D eigenvalue weighted by Crippen LogP contribution is -2.31. The predicted molar refractivity (Wildman–Crippen MR) is 119 cm³/mol. The van der Waals surface area contributed by atoms with Crippen LogP contribution in [0.5, 0.6) is 0 Å². The first kappa shape index (κ1) is 21.8. The van der Waals surface area contributed by atoms with Crippen LogP contribution in [0.4, 0.5) is 10.1 Å². The molecule has 1 amide bonds. The maximum absolute atomic E-state index is 13.3. The van der Waals surface area contributed by atoms with Crippen LogP contribution >= 0.6 is 12.4 Å². The molecule has 1 heterocycles. The van der Waals surface area contributed by atoms with E-state index in [-0.39, 0.29) is 36.1 Å². The van der Waals surface area contributed by atoms with E-state index >= 15 is 0 Å². The van der Waals surface area contributed by atoms with Gasteiger partial charge < -0.3 is 11.1 Å². The highest BCUT2D eigenvalue weighted by molar-refractivity contribution is 5.95. The van der Waals surface area contributed by atoms with Gasteiger partial charge in [-0.1, -0.05) is 19.9 Å². The van der Waals surface area contributed by atoms with E-state index in [0.717, 1.165) is 41.9 Å². The molecule has 4 rings (SSSR count). The molecule has 2 aromatic carbocycles. The van der Waals surface area contributed by atoms with Crippen molar-refractivity contribution in [2.45, 2.75) is 45.1 Å². The minimum atomic E-state index is -0.304. The molecule has 5 nitrogen and oxygen atoms in total. The molecule has 1 atom stereocenters. The Labute approximate surface area is 181 Å². The molecule has 7 heteroatoms. The number of fused-ring (bicyclic) bond motifs is 1. The predicted octanol–water partition coefficient (Wildman–Crippen LogP) is 4.95. The Morgan fingerprint density at radius 3 is 2.67 bits per heavy atom. The summed E-state index contributed by atoms with van der Waals surface area (Å²) in [5.74, 6) is -0.375. The zero-order chi connectivity index (χ0) is 20.5. The largest absolute Gasteiger partial charge is 0.399 e. The molecule has 0 radical (unpaired) electrons. The average molecular weight is 429 g/mol. The summed E-state index contributed by atoms with van der Waals surface area (Å²) in [6.07, 6.45) is 4.48. The van der Waals surface area contributed by atoms with Gasteiger partial charge in [-0.2, -0.15) is 5.10 Å². The molecule has 0 bridgehead atoms. The molecule has 1 aromatic heterocycles. The fourth-order valence-corrected chi connectivity index (χ4v) is 4.10. The summed E-state index contributed by atoms with van der Waals surface area (Å²) < 4.78 is 15.0. The number of nitrogens with zero attached hydrogens (tertiary/aromatic N) is 2. The number of hydrogen-bond donors (Lipinski definition) is 2. The fourth-order valence-electron chi connectivity index (χ4n) is 4.10. The molecular weight excluding hydrogens is 403 g/mol. The van der Waals surface area contributed by atoms with Crippen molar-refractivity contribution in [1.82, 2.24) is 15.1 Å². The van der Waals surface area contributed by atoms with E-state index in [1.807, 2.05) is 32.0 Å². The minimum absolute atomic E-state index is 0. The van der Waals surface area contributed by atoms with Crippen molar-refractivity contribution in [3.8, 4) is 5.69 Å². The maximum atomic E-state index is 13.3. The van der Waals surface area contributed by atoms with E-state index < -0.39 is 0 Å². The zero-order valence-electron chi connectivity index (χ0n) is 17.1. The van der Waals surface area contributed by atoms with Gasteiger partial charge in [0.05, 0.1) is 29.2 Å². The second-order valence-electron chi connectivity index (χ2n) is 7.86. The molecule has 0 saturated carbocycles. The Morgan fingerprint density at radius 2 is 1.97 bits per heavy atom. The SMILES string of the molecule is CC(C)c1c(C(=O)NC2CCCc3cc(N)ccc32)cnn1-c1ccc(F)cc1.Cl. The summed E-state index contributed by atoms with van der Waals surface area (Å²) in [5.41, 5.74) is 11.1. The third-order valence-corrected chi connectivity index (χ3v) is 5.46. The molecule has 30 heavy (non-hydrogen) atoms. The van der Waals surface area contributed by atoms with Crippen molar-refractivity contribution >= 4 is 24.0 Å². The number of hydrogen-bond acceptors (Lipinski definition) is 3. The number of aryl methyl sites for hydroxylation is 1. The average Bonchev–Trinajstić information content (AvgIpc) is 3.14. The first-order valence-electron chi connectivity index (χ1n) is 9.97. The zero-order valence-corrected chi connectivity index (χ0v) is 17.9. The smallest absolute Gasteiger partial charge is 0.255 e. The Kier molecular flexibility index (Phi) is 6.46. The molecule has 1 aliphatic rings. The van der Waals surface area contributed by atoms with Crippen LogP contribution in [0.3, 0.4) is 0 Å². The van der Waals surface area contributed by atoms with Crippen LogP contribution in [0.2, 0.25) is 0 Å². The van der Waals surface area contributed by atoms with Crippen molar-refractivity contribution in [2.24, 2.45) is 0 Å².